The van der Waals surface area contributed by atoms with Crippen molar-refractivity contribution >= 4 is 19.8 Å². The highest BCUT2D eigenvalue weighted by Crippen LogP contribution is 2.43. The van der Waals surface area contributed by atoms with E-state index in [9.17, 15) is 19.0 Å². The molecular weight excluding hydrogens is 653 g/mol. The van der Waals surface area contributed by atoms with Crippen LogP contribution in [0.3, 0.4) is 0 Å². The van der Waals surface area contributed by atoms with Gasteiger partial charge in [-0.25, -0.2) is 4.57 Å². The van der Waals surface area contributed by atoms with Gasteiger partial charge in [0.15, 0.2) is 6.10 Å². The summed E-state index contributed by atoms with van der Waals surface area (Å²) in [7, 11) is 1.48. The van der Waals surface area contributed by atoms with Gasteiger partial charge in [-0.05, 0) is 38.5 Å². The van der Waals surface area contributed by atoms with Crippen LogP contribution in [0.5, 0.6) is 0 Å². The largest absolute Gasteiger partial charge is 0.472 e. The molecule has 0 rings (SSSR count). The topological polar surface area (TPSA) is 108 Å². The molecule has 0 heterocycles. The lowest BCUT2D eigenvalue weighted by atomic mass is 10.1. The van der Waals surface area contributed by atoms with Gasteiger partial charge in [-0.2, -0.15) is 0 Å². The Labute approximate surface area is 307 Å². The monoisotopic (exact) mass is 733 g/mol. The van der Waals surface area contributed by atoms with E-state index in [-0.39, 0.29) is 32.0 Å². The van der Waals surface area contributed by atoms with Crippen molar-refractivity contribution in [2.75, 3.05) is 47.5 Å². The SMILES string of the molecule is CCCCCCCC/C=C\CCCCCCCC(=O)OCC(COP(=O)(O)OCC[N+](C)(C)C)OC(=O)CCCCCCCCCCCCC. The van der Waals surface area contributed by atoms with Gasteiger partial charge in [-0.15, -0.1) is 0 Å². The van der Waals surface area contributed by atoms with Crippen molar-refractivity contribution in [3.8, 4) is 0 Å². The standard InChI is InChI=1S/C40H78NO8P/c1-6-8-10-12-14-16-18-19-20-21-23-24-26-28-30-32-39(42)46-36-38(37-48-50(44,45)47-35-34-41(3,4)5)49-40(43)33-31-29-27-25-22-17-15-13-11-9-7-2/h19-20,38H,6-18,21-37H2,1-5H3/p+1/b20-19-. The third-order valence-electron chi connectivity index (χ3n) is 8.80. The Morgan fingerprint density at radius 1 is 0.600 bits per heavy atom. The summed E-state index contributed by atoms with van der Waals surface area (Å²) in [6.07, 6.45) is 32.5. The molecule has 0 fully saturated rings. The van der Waals surface area contributed by atoms with E-state index in [0.717, 1.165) is 51.4 Å². The van der Waals surface area contributed by atoms with Gasteiger partial charge in [-0.1, -0.05) is 142 Å². The first-order valence-electron chi connectivity index (χ1n) is 20.4. The van der Waals surface area contributed by atoms with Crippen LogP contribution in [0, 0.1) is 0 Å². The molecule has 0 bridgehead atoms. The number of rotatable bonds is 37. The summed E-state index contributed by atoms with van der Waals surface area (Å²) in [5.41, 5.74) is 0. The second-order valence-electron chi connectivity index (χ2n) is 15.0. The zero-order valence-corrected chi connectivity index (χ0v) is 34.0. The fraction of sp³-hybridized carbons (Fsp3) is 0.900. The summed E-state index contributed by atoms with van der Waals surface area (Å²) < 4.78 is 34.2. The first-order valence-corrected chi connectivity index (χ1v) is 21.9. The number of phosphoric ester groups is 1. The van der Waals surface area contributed by atoms with E-state index in [1.165, 1.54) is 96.3 Å². The van der Waals surface area contributed by atoms with E-state index < -0.39 is 26.5 Å². The number of carbonyl (C=O) groups is 2. The van der Waals surface area contributed by atoms with E-state index in [2.05, 4.69) is 26.0 Å². The highest BCUT2D eigenvalue weighted by atomic mass is 31.2. The Bertz CT molecular complexity index is 876. The van der Waals surface area contributed by atoms with E-state index in [1.807, 2.05) is 21.1 Å². The molecule has 10 heteroatoms. The minimum atomic E-state index is -4.36. The third kappa shape index (κ3) is 36.5. The number of esters is 2. The number of likely N-dealkylation sites (N-methyl/N-ethyl adjacent to an activating group) is 1. The minimum Gasteiger partial charge on any atom is -0.462 e. The quantitative estimate of drug-likeness (QED) is 0.0221. The fourth-order valence-corrected chi connectivity index (χ4v) is 6.28. The van der Waals surface area contributed by atoms with Crippen LogP contribution in [0.4, 0.5) is 0 Å². The maximum Gasteiger partial charge on any atom is 0.472 e. The van der Waals surface area contributed by atoms with E-state index in [1.54, 1.807) is 0 Å². The number of unbranched alkanes of at least 4 members (excludes halogenated alkanes) is 21. The molecule has 0 radical (unpaired) electrons. The molecule has 0 amide bonds. The molecule has 0 saturated carbocycles. The van der Waals surface area contributed by atoms with Crippen molar-refractivity contribution in [2.24, 2.45) is 0 Å². The molecule has 0 saturated heterocycles. The predicted molar refractivity (Wildman–Crippen MR) is 206 cm³/mol. The molecule has 2 unspecified atom stereocenters. The molecule has 0 aliphatic heterocycles. The van der Waals surface area contributed by atoms with E-state index in [0.29, 0.717) is 17.4 Å². The van der Waals surface area contributed by atoms with Crippen molar-refractivity contribution in [3.63, 3.8) is 0 Å². The number of hydrogen-bond donors (Lipinski definition) is 1. The average molecular weight is 733 g/mol. The molecule has 1 N–H and O–H groups in total. The number of ether oxygens (including phenoxy) is 2. The highest BCUT2D eigenvalue weighted by Gasteiger charge is 2.27. The lowest BCUT2D eigenvalue weighted by molar-refractivity contribution is -0.870. The third-order valence-corrected chi connectivity index (χ3v) is 9.78. The average Bonchev–Trinajstić information content (AvgIpc) is 3.06. The molecule has 0 aliphatic carbocycles. The van der Waals surface area contributed by atoms with Crippen LogP contribution in [0.15, 0.2) is 12.2 Å². The minimum absolute atomic E-state index is 0.0333. The molecule has 0 aliphatic rings. The maximum absolute atomic E-state index is 12.6. The molecule has 296 valence electrons. The Balaban J connectivity index is 4.38. The molecule has 0 aromatic rings. The summed E-state index contributed by atoms with van der Waals surface area (Å²) in [4.78, 5) is 35.2. The second-order valence-corrected chi connectivity index (χ2v) is 16.5. The zero-order chi connectivity index (χ0) is 37.2. The normalized spacial score (nSPS) is 13.8. The van der Waals surface area contributed by atoms with Gasteiger partial charge in [-0.3, -0.25) is 18.6 Å². The number of nitrogens with zero attached hydrogens (tertiary/aromatic N) is 1. The van der Waals surface area contributed by atoms with Crippen LogP contribution >= 0.6 is 7.82 Å². The smallest absolute Gasteiger partial charge is 0.462 e. The van der Waals surface area contributed by atoms with E-state index in [4.69, 9.17) is 18.5 Å². The van der Waals surface area contributed by atoms with Gasteiger partial charge in [0.25, 0.3) is 0 Å². The first kappa shape index (κ1) is 48.8. The zero-order valence-electron chi connectivity index (χ0n) is 33.1. The molecule has 0 aromatic carbocycles. The number of phosphoric acid groups is 1. The summed E-state index contributed by atoms with van der Waals surface area (Å²) >= 11 is 0. The van der Waals surface area contributed by atoms with Crippen molar-refractivity contribution < 1.29 is 42.1 Å². The molecule has 2 atom stereocenters. The van der Waals surface area contributed by atoms with Crippen molar-refractivity contribution in [2.45, 2.75) is 187 Å². The van der Waals surface area contributed by atoms with Crippen molar-refractivity contribution in [1.82, 2.24) is 0 Å². The van der Waals surface area contributed by atoms with Crippen LogP contribution in [0.1, 0.15) is 181 Å². The Hall–Kier alpha value is -1.25. The van der Waals surface area contributed by atoms with Crippen LogP contribution < -0.4 is 0 Å². The number of quaternary nitrogens is 1. The first-order chi connectivity index (χ1) is 24.0. The molecule has 0 aromatic heterocycles. The summed E-state index contributed by atoms with van der Waals surface area (Å²) in [5.74, 6) is -0.804. The van der Waals surface area contributed by atoms with Gasteiger partial charge >= 0.3 is 19.8 Å². The van der Waals surface area contributed by atoms with Crippen LogP contribution in [0.2, 0.25) is 0 Å². The highest BCUT2D eigenvalue weighted by molar-refractivity contribution is 7.47. The van der Waals surface area contributed by atoms with Gasteiger partial charge in [0.2, 0.25) is 0 Å². The molecular formula is C40H79NO8P+. The second kappa shape index (κ2) is 33.6. The lowest BCUT2D eigenvalue weighted by Crippen LogP contribution is -2.37. The lowest BCUT2D eigenvalue weighted by Gasteiger charge is -2.24. The Morgan fingerprint density at radius 3 is 1.48 bits per heavy atom. The Kier molecular flexibility index (Phi) is 32.7. The number of carbonyl (C=O) groups excluding carboxylic acids is 2. The maximum atomic E-state index is 12.6. The van der Waals surface area contributed by atoms with Crippen LogP contribution in [-0.4, -0.2) is 74.9 Å². The van der Waals surface area contributed by atoms with Gasteiger partial charge in [0.05, 0.1) is 27.7 Å². The Morgan fingerprint density at radius 2 is 1.02 bits per heavy atom. The van der Waals surface area contributed by atoms with E-state index >= 15 is 0 Å². The predicted octanol–water partition coefficient (Wildman–Crippen LogP) is 11.0. The fourth-order valence-electron chi connectivity index (χ4n) is 5.54. The molecule has 0 spiro atoms. The van der Waals surface area contributed by atoms with Crippen LogP contribution in [-0.2, 0) is 32.7 Å². The number of hydrogen-bond acceptors (Lipinski definition) is 7. The molecule has 50 heavy (non-hydrogen) atoms. The summed E-state index contributed by atoms with van der Waals surface area (Å²) in [5, 5.41) is 0. The number of allylic oxidation sites excluding steroid dienone is 2. The summed E-state index contributed by atoms with van der Waals surface area (Å²) in [6, 6.07) is 0. The summed E-state index contributed by atoms with van der Waals surface area (Å²) in [6.45, 7) is 4.40. The van der Waals surface area contributed by atoms with Crippen molar-refractivity contribution in [3.05, 3.63) is 12.2 Å². The van der Waals surface area contributed by atoms with Gasteiger partial charge in [0.1, 0.15) is 19.8 Å². The van der Waals surface area contributed by atoms with Crippen molar-refractivity contribution in [1.29, 1.82) is 0 Å². The molecule has 9 nitrogen and oxygen atoms in total. The van der Waals surface area contributed by atoms with Crippen LogP contribution in [0.25, 0.3) is 0 Å². The van der Waals surface area contributed by atoms with Gasteiger partial charge in [0, 0.05) is 12.8 Å². The van der Waals surface area contributed by atoms with Gasteiger partial charge < -0.3 is 18.9 Å².